The van der Waals surface area contributed by atoms with Crippen molar-refractivity contribution in [3.05, 3.63) is 29.8 Å². The molecule has 0 spiro atoms. The molecule has 1 amide bonds. The van der Waals surface area contributed by atoms with Crippen molar-refractivity contribution in [1.29, 1.82) is 0 Å². The van der Waals surface area contributed by atoms with Gasteiger partial charge in [0.2, 0.25) is 5.95 Å². The first-order valence-electron chi connectivity index (χ1n) is 8.40. The van der Waals surface area contributed by atoms with Crippen LogP contribution < -0.4 is 0 Å². The van der Waals surface area contributed by atoms with E-state index >= 15 is 0 Å². The molecule has 0 radical (unpaired) electrons. The molecular formula is C18H25FN2O3. The second kappa shape index (κ2) is 7.73. The minimum absolute atomic E-state index is 0.00354. The van der Waals surface area contributed by atoms with Gasteiger partial charge >= 0.3 is 5.97 Å². The highest BCUT2D eigenvalue weighted by molar-refractivity contribution is 5.94. The van der Waals surface area contributed by atoms with Crippen LogP contribution in [0.3, 0.4) is 0 Å². The van der Waals surface area contributed by atoms with Crippen LogP contribution in [0.5, 0.6) is 0 Å². The number of ether oxygens (including phenoxy) is 1. The van der Waals surface area contributed by atoms with Gasteiger partial charge in [-0.2, -0.15) is 4.39 Å². The summed E-state index contributed by atoms with van der Waals surface area (Å²) in [6, 6.07) is 2.64. The Morgan fingerprint density at radius 3 is 2.71 bits per heavy atom. The van der Waals surface area contributed by atoms with Crippen LogP contribution in [-0.4, -0.2) is 39.9 Å². The lowest BCUT2D eigenvalue weighted by atomic mass is 9.97. The number of esters is 1. The summed E-state index contributed by atoms with van der Waals surface area (Å²) in [6.07, 6.45) is 4.96. The number of hydrogen-bond acceptors (Lipinski definition) is 4. The van der Waals surface area contributed by atoms with Crippen molar-refractivity contribution in [3.63, 3.8) is 0 Å². The summed E-state index contributed by atoms with van der Waals surface area (Å²) in [5.74, 6) is -1.01. The Bertz CT molecular complexity index is 581. The van der Waals surface area contributed by atoms with Crippen LogP contribution in [-0.2, 0) is 9.53 Å². The minimum atomic E-state index is -0.605. The summed E-state index contributed by atoms with van der Waals surface area (Å²) in [5.41, 5.74) is -0.126. The number of aromatic nitrogens is 1. The Balaban J connectivity index is 1.98. The van der Waals surface area contributed by atoms with E-state index < -0.39 is 11.5 Å². The smallest absolute Gasteiger partial charge is 0.306 e. The number of piperidine rings is 1. The van der Waals surface area contributed by atoms with E-state index in [1.54, 1.807) is 4.90 Å². The van der Waals surface area contributed by atoms with Crippen LogP contribution in [0.25, 0.3) is 0 Å². The van der Waals surface area contributed by atoms with Crippen molar-refractivity contribution >= 4 is 11.9 Å². The number of pyridine rings is 1. The number of carbonyl (C=O) groups excluding carboxylic acids is 2. The predicted molar refractivity (Wildman–Crippen MR) is 87.9 cm³/mol. The predicted octanol–water partition coefficient (Wildman–Crippen LogP) is 3.34. The second-order valence-corrected chi connectivity index (χ2v) is 7.14. The fraction of sp³-hybridized carbons (Fsp3) is 0.611. The quantitative estimate of drug-likeness (QED) is 0.625. The number of amides is 1. The molecule has 0 aliphatic carbocycles. The highest BCUT2D eigenvalue weighted by Gasteiger charge is 2.28. The Hall–Kier alpha value is -1.98. The normalized spacial score (nSPS) is 18.3. The first kappa shape index (κ1) is 18.4. The number of rotatable bonds is 4. The average Bonchev–Trinajstić information content (AvgIpc) is 2.52. The molecule has 0 saturated carbocycles. The van der Waals surface area contributed by atoms with Crippen LogP contribution in [0.4, 0.5) is 4.39 Å². The minimum Gasteiger partial charge on any atom is -0.460 e. The van der Waals surface area contributed by atoms with Crippen LogP contribution in [0.1, 0.15) is 63.2 Å². The molecule has 0 N–H and O–H groups in total. The van der Waals surface area contributed by atoms with Gasteiger partial charge in [-0.25, -0.2) is 4.98 Å². The van der Waals surface area contributed by atoms with E-state index in [-0.39, 0.29) is 24.3 Å². The van der Waals surface area contributed by atoms with Crippen molar-refractivity contribution in [2.45, 2.75) is 64.5 Å². The number of hydrogen-bond donors (Lipinski definition) is 0. The van der Waals surface area contributed by atoms with Gasteiger partial charge in [-0.05, 0) is 58.6 Å². The van der Waals surface area contributed by atoms with E-state index in [0.29, 0.717) is 18.5 Å². The molecule has 1 aliphatic heterocycles. The van der Waals surface area contributed by atoms with E-state index in [2.05, 4.69) is 4.98 Å². The SMILES string of the molecule is CC(C)(C)OC(=O)CC[C@H]1CCCCN1C(=O)c1ccc(F)nc1. The van der Waals surface area contributed by atoms with Gasteiger partial charge < -0.3 is 9.64 Å². The van der Waals surface area contributed by atoms with E-state index in [1.165, 1.54) is 18.3 Å². The molecular weight excluding hydrogens is 311 g/mol. The van der Waals surface area contributed by atoms with Gasteiger partial charge in [0.05, 0.1) is 5.56 Å². The van der Waals surface area contributed by atoms with Crippen molar-refractivity contribution in [3.8, 4) is 0 Å². The number of likely N-dealkylation sites (tertiary alicyclic amines) is 1. The third-order valence-corrected chi connectivity index (χ3v) is 3.96. The molecule has 132 valence electrons. The largest absolute Gasteiger partial charge is 0.460 e. The van der Waals surface area contributed by atoms with Gasteiger partial charge in [-0.1, -0.05) is 0 Å². The van der Waals surface area contributed by atoms with Gasteiger partial charge in [0.1, 0.15) is 5.60 Å². The molecule has 1 aromatic rings. The van der Waals surface area contributed by atoms with Gasteiger partial charge in [0, 0.05) is 25.2 Å². The van der Waals surface area contributed by atoms with Crippen LogP contribution in [0, 0.1) is 5.95 Å². The highest BCUT2D eigenvalue weighted by Crippen LogP contribution is 2.23. The summed E-state index contributed by atoms with van der Waals surface area (Å²) >= 11 is 0. The van der Waals surface area contributed by atoms with Crippen LogP contribution in [0.15, 0.2) is 18.3 Å². The molecule has 1 fully saturated rings. The van der Waals surface area contributed by atoms with E-state index in [4.69, 9.17) is 4.74 Å². The molecule has 0 unspecified atom stereocenters. The van der Waals surface area contributed by atoms with Crippen molar-refractivity contribution in [1.82, 2.24) is 9.88 Å². The monoisotopic (exact) mass is 336 g/mol. The van der Waals surface area contributed by atoms with Gasteiger partial charge in [-0.3, -0.25) is 9.59 Å². The van der Waals surface area contributed by atoms with E-state index in [1.807, 2.05) is 20.8 Å². The third-order valence-electron chi connectivity index (χ3n) is 3.96. The Morgan fingerprint density at radius 2 is 2.08 bits per heavy atom. The molecule has 1 aromatic heterocycles. The Kier molecular flexibility index (Phi) is 5.91. The number of carbonyl (C=O) groups is 2. The van der Waals surface area contributed by atoms with Gasteiger partial charge in [-0.15, -0.1) is 0 Å². The summed E-state index contributed by atoms with van der Waals surface area (Å²) in [4.78, 5) is 29.9. The standard InChI is InChI=1S/C18H25FN2O3/c1-18(2,3)24-16(22)10-8-14-6-4-5-11-21(14)17(23)13-7-9-15(19)20-12-13/h7,9,12,14H,4-6,8,10-11H2,1-3H3/t14-/m1/s1. The Labute approximate surface area is 142 Å². The first-order valence-corrected chi connectivity index (χ1v) is 8.40. The Morgan fingerprint density at radius 1 is 1.33 bits per heavy atom. The van der Waals surface area contributed by atoms with E-state index in [9.17, 15) is 14.0 Å². The zero-order valence-electron chi connectivity index (χ0n) is 14.5. The summed E-state index contributed by atoms with van der Waals surface area (Å²) in [7, 11) is 0. The van der Waals surface area contributed by atoms with Crippen molar-refractivity contribution in [2.75, 3.05) is 6.54 Å². The lowest BCUT2D eigenvalue weighted by molar-refractivity contribution is -0.155. The maximum atomic E-state index is 12.9. The van der Waals surface area contributed by atoms with Gasteiger partial charge in [0.15, 0.2) is 0 Å². The van der Waals surface area contributed by atoms with Crippen LogP contribution in [0.2, 0.25) is 0 Å². The maximum absolute atomic E-state index is 12.9. The molecule has 0 aromatic carbocycles. The fourth-order valence-electron chi connectivity index (χ4n) is 2.91. The average molecular weight is 336 g/mol. The molecule has 1 saturated heterocycles. The molecule has 24 heavy (non-hydrogen) atoms. The summed E-state index contributed by atoms with van der Waals surface area (Å²) < 4.78 is 18.3. The first-order chi connectivity index (χ1) is 11.3. The zero-order chi connectivity index (χ0) is 17.7. The number of nitrogens with zero attached hydrogens (tertiary/aromatic N) is 2. The lowest BCUT2D eigenvalue weighted by Gasteiger charge is -2.36. The molecule has 2 heterocycles. The van der Waals surface area contributed by atoms with Crippen LogP contribution >= 0.6 is 0 Å². The van der Waals surface area contributed by atoms with Gasteiger partial charge in [0.25, 0.3) is 5.91 Å². The molecule has 2 rings (SSSR count). The van der Waals surface area contributed by atoms with Crippen molar-refractivity contribution < 1.29 is 18.7 Å². The summed E-state index contributed by atoms with van der Waals surface area (Å²) in [5, 5.41) is 0. The third kappa shape index (κ3) is 5.28. The highest BCUT2D eigenvalue weighted by atomic mass is 19.1. The molecule has 1 atom stereocenters. The zero-order valence-corrected chi connectivity index (χ0v) is 14.5. The molecule has 0 bridgehead atoms. The second-order valence-electron chi connectivity index (χ2n) is 7.14. The fourth-order valence-corrected chi connectivity index (χ4v) is 2.91. The summed E-state index contributed by atoms with van der Waals surface area (Å²) in [6.45, 7) is 6.16. The van der Waals surface area contributed by atoms with Crippen molar-refractivity contribution in [2.24, 2.45) is 0 Å². The lowest BCUT2D eigenvalue weighted by Crippen LogP contribution is -2.44. The maximum Gasteiger partial charge on any atom is 0.306 e. The molecule has 6 heteroatoms. The van der Waals surface area contributed by atoms with E-state index in [0.717, 1.165) is 19.3 Å². The molecule has 1 aliphatic rings. The topological polar surface area (TPSA) is 59.5 Å². The molecule has 5 nitrogen and oxygen atoms in total. The number of halogens is 1.